The van der Waals surface area contributed by atoms with Crippen LogP contribution in [0.3, 0.4) is 0 Å². The maximum absolute atomic E-state index is 13.6. The third-order valence-corrected chi connectivity index (χ3v) is 8.50. The molecular weight excluding hydrogens is 554 g/mol. The molecule has 2 aliphatic rings. The average molecular weight is 584 g/mol. The molecule has 214 valence electrons. The van der Waals surface area contributed by atoms with E-state index in [1.807, 2.05) is 55.5 Å². The van der Waals surface area contributed by atoms with E-state index in [0.717, 1.165) is 11.3 Å². The number of benzene rings is 2. The molecule has 0 radical (unpaired) electrons. The van der Waals surface area contributed by atoms with Crippen molar-refractivity contribution in [2.75, 3.05) is 30.4 Å². The molecule has 0 aliphatic carbocycles. The lowest BCUT2D eigenvalue weighted by molar-refractivity contribution is -0.130. The molecule has 2 aromatic heterocycles. The molecule has 1 fully saturated rings. The third kappa shape index (κ3) is 5.08. The highest BCUT2D eigenvalue weighted by atomic mass is 32.1. The number of pyridine rings is 1. The molecular formula is C31H29N5O5S. The van der Waals surface area contributed by atoms with Crippen molar-refractivity contribution in [3.8, 4) is 11.5 Å². The van der Waals surface area contributed by atoms with Gasteiger partial charge in [-0.25, -0.2) is 9.78 Å². The largest absolute Gasteiger partial charge is 0.457 e. The number of piperidine rings is 1. The first kappa shape index (κ1) is 27.4. The topological polar surface area (TPSA) is 113 Å². The molecule has 2 atom stereocenters. The number of hydrogen-bond donors (Lipinski definition) is 2. The van der Waals surface area contributed by atoms with Crippen LogP contribution >= 0.6 is 11.3 Å². The highest BCUT2D eigenvalue weighted by Crippen LogP contribution is 2.46. The van der Waals surface area contributed by atoms with E-state index in [-0.39, 0.29) is 30.0 Å². The minimum absolute atomic E-state index is 0.218. The van der Waals surface area contributed by atoms with E-state index in [1.165, 1.54) is 17.4 Å². The predicted molar refractivity (Wildman–Crippen MR) is 162 cm³/mol. The molecule has 1 saturated heterocycles. The summed E-state index contributed by atoms with van der Waals surface area (Å²) in [5, 5.41) is 6.67. The number of para-hydroxylation sites is 1. The Morgan fingerprint density at radius 1 is 1.12 bits per heavy atom. The minimum atomic E-state index is -0.387. The summed E-state index contributed by atoms with van der Waals surface area (Å²) < 4.78 is 11.5. The SMILES string of the molecule is C=CC(=O)N1C[C@H](NC(=O)c2sc3nccc4c3c2NC(=O)N4c2ccc(Oc3ccccc3)cc2C)C[C@H](OC)C1. The molecule has 42 heavy (non-hydrogen) atoms. The fourth-order valence-corrected chi connectivity index (χ4v) is 6.46. The smallest absolute Gasteiger partial charge is 0.331 e. The molecule has 0 unspecified atom stereocenters. The van der Waals surface area contributed by atoms with Crippen LogP contribution in [-0.4, -0.2) is 60.1 Å². The summed E-state index contributed by atoms with van der Waals surface area (Å²) in [5.74, 6) is 0.806. The Balaban J connectivity index is 1.29. The van der Waals surface area contributed by atoms with E-state index in [0.29, 0.717) is 57.4 Å². The van der Waals surface area contributed by atoms with E-state index < -0.39 is 0 Å². The van der Waals surface area contributed by atoms with Crippen molar-refractivity contribution in [3.05, 3.63) is 83.9 Å². The lowest BCUT2D eigenvalue weighted by Crippen LogP contribution is -2.54. The maximum atomic E-state index is 13.6. The predicted octanol–water partition coefficient (Wildman–Crippen LogP) is 5.61. The molecule has 0 bridgehead atoms. The number of methoxy groups -OCH3 is 1. The summed E-state index contributed by atoms with van der Waals surface area (Å²) in [6.45, 7) is 6.25. The number of amides is 4. The van der Waals surface area contributed by atoms with Crippen LogP contribution in [0.25, 0.3) is 10.2 Å². The van der Waals surface area contributed by atoms with Gasteiger partial charge in [0, 0.05) is 32.4 Å². The van der Waals surface area contributed by atoms with Gasteiger partial charge < -0.3 is 25.0 Å². The Labute approximate surface area is 246 Å². The van der Waals surface area contributed by atoms with Crippen molar-refractivity contribution in [2.24, 2.45) is 0 Å². The highest BCUT2D eigenvalue weighted by Gasteiger charge is 2.35. The van der Waals surface area contributed by atoms with E-state index in [2.05, 4.69) is 22.2 Å². The number of carbonyl (C=O) groups excluding carboxylic acids is 3. The number of hydrogen-bond acceptors (Lipinski definition) is 7. The number of thiophene rings is 1. The lowest BCUT2D eigenvalue weighted by atomic mass is 10.0. The van der Waals surface area contributed by atoms with E-state index in [4.69, 9.17) is 9.47 Å². The van der Waals surface area contributed by atoms with Gasteiger partial charge in [-0.3, -0.25) is 14.5 Å². The van der Waals surface area contributed by atoms with Crippen molar-refractivity contribution >= 4 is 56.5 Å². The second-order valence-electron chi connectivity index (χ2n) is 10.2. The van der Waals surface area contributed by atoms with Crippen LogP contribution in [0.1, 0.15) is 21.7 Å². The van der Waals surface area contributed by atoms with Gasteiger partial charge in [-0.15, -0.1) is 11.3 Å². The number of likely N-dealkylation sites (tertiary alicyclic amines) is 1. The van der Waals surface area contributed by atoms with Crippen LogP contribution < -0.4 is 20.3 Å². The van der Waals surface area contributed by atoms with Crippen molar-refractivity contribution < 1.29 is 23.9 Å². The zero-order chi connectivity index (χ0) is 29.4. The molecule has 4 aromatic rings. The standard InChI is InChI=1S/C31H29N5O5S/c1-4-25(37)35-16-19(15-22(17-35)40-3)33-29(38)28-27-26-24(12-13-32-30(26)42-28)36(31(39)34-27)23-11-10-21(14-18(23)2)41-20-8-6-5-7-9-20/h4-14,19,22H,1,15-17H2,2-3H3,(H,33,38)(H,34,39)/t19-,22+/m1/s1. The zero-order valence-corrected chi connectivity index (χ0v) is 23.9. The molecule has 0 spiro atoms. The van der Waals surface area contributed by atoms with Gasteiger partial charge in [-0.2, -0.15) is 0 Å². The molecule has 2 aromatic carbocycles. The zero-order valence-electron chi connectivity index (χ0n) is 23.1. The van der Waals surface area contributed by atoms with Crippen molar-refractivity contribution in [1.82, 2.24) is 15.2 Å². The van der Waals surface area contributed by atoms with Crippen LogP contribution in [0, 0.1) is 6.92 Å². The average Bonchev–Trinajstić information content (AvgIpc) is 3.37. The summed E-state index contributed by atoms with van der Waals surface area (Å²) in [6.07, 6.45) is 3.22. The fourth-order valence-electron chi connectivity index (χ4n) is 5.44. The Morgan fingerprint density at radius 2 is 1.93 bits per heavy atom. The van der Waals surface area contributed by atoms with Crippen LogP contribution in [0.15, 0.2) is 73.4 Å². The lowest BCUT2D eigenvalue weighted by Gasteiger charge is -2.37. The molecule has 4 heterocycles. The Bertz CT molecular complexity index is 1700. The number of ether oxygens (including phenoxy) is 2. The summed E-state index contributed by atoms with van der Waals surface area (Å²) in [5.41, 5.74) is 2.58. The number of urea groups is 1. The number of anilines is 3. The first-order valence-corrected chi connectivity index (χ1v) is 14.3. The van der Waals surface area contributed by atoms with Gasteiger partial charge >= 0.3 is 6.03 Å². The molecule has 10 nitrogen and oxygen atoms in total. The van der Waals surface area contributed by atoms with Crippen LogP contribution in [-0.2, 0) is 9.53 Å². The van der Waals surface area contributed by atoms with Gasteiger partial charge in [0.1, 0.15) is 21.2 Å². The normalized spacial score (nSPS) is 18.0. The molecule has 2 N–H and O–H groups in total. The van der Waals surface area contributed by atoms with Crippen LogP contribution in [0.2, 0.25) is 0 Å². The van der Waals surface area contributed by atoms with E-state index >= 15 is 0 Å². The molecule has 11 heteroatoms. The summed E-state index contributed by atoms with van der Waals surface area (Å²) in [7, 11) is 1.58. The monoisotopic (exact) mass is 583 g/mol. The van der Waals surface area contributed by atoms with Gasteiger partial charge in [0.2, 0.25) is 5.91 Å². The molecule has 0 saturated carbocycles. The number of nitrogens with one attached hydrogen (secondary N) is 2. The summed E-state index contributed by atoms with van der Waals surface area (Å²) in [4.78, 5) is 48.1. The first-order valence-electron chi connectivity index (χ1n) is 13.5. The number of aromatic nitrogens is 1. The van der Waals surface area contributed by atoms with Crippen molar-refractivity contribution in [3.63, 3.8) is 0 Å². The van der Waals surface area contributed by atoms with Gasteiger partial charge in [-0.05, 0) is 61.4 Å². The molecule has 6 rings (SSSR count). The summed E-state index contributed by atoms with van der Waals surface area (Å²) >= 11 is 1.21. The second-order valence-corrected chi connectivity index (χ2v) is 11.2. The number of nitrogens with zero attached hydrogens (tertiary/aromatic N) is 3. The second kappa shape index (κ2) is 11.3. The molecule has 2 aliphatic heterocycles. The van der Waals surface area contributed by atoms with E-state index in [1.54, 1.807) is 29.2 Å². The number of carbonyl (C=O) groups is 3. The Kier molecular flexibility index (Phi) is 7.36. The van der Waals surface area contributed by atoms with E-state index in [9.17, 15) is 14.4 Å². The molecule has 4 amide bonds. The van der Waals surface area contributed by atoms with Crippen LogP contribution in [0.5, 0.6) is 11.5 Å². The van der Waals surface area contributed by atoms with Gasteiger partial charge in [0.25, 0.3) is 5.91 Å². The van der Waals surface area contributed by atoms with Crippen molar-refractivity contribution in [2.45, 2.75) is 25.5 Å². The fraction of sp³-hybridized carbons (Fsp3) is 0.226. The first-order chi connectivity index (χ1) is 20.4. The summed E-state index contributed by atoms with van der Waals surface area (Å²) in [6, 6.07) is 16.1. The van der Waals surface area contributed by atoms with Gasteiger partial charge in [-0.1, -0.05) is 24.8 Å². The van der Waals surface area contributed by atoms with Crippen LogP contribution in [0.4, 0.5) is 21.9 Å². The number of aryl methyl sites for hydroxylation is 1. The quantitative estimate of drug-likeness (QED) is 0.274. The maximum Gasteiger partial charge on any atom is 0.331 e. The minimum Gasteiger partial charge on any atom is -0.457 e. The number of rotatable bonds is 7. The van der Waals surface area contributed by atoms with Gasteiger partial charge in [0.05, 0.1) is 28.6 Å². The Hall–Kier alpha value is -4.74. The highest BCUT2D eigenvalue weighted by molar-refractivity contribution is 7.21. The third-order valence-electron chi connectivity index (χ3n) is 7.41. The van der Waals surface area contributed by atoms with Crippen molar-refractivity contribution in [1.29, 1.82) is 0 Å². The van der Waals surface area contributed by atoms with Gasteiger partial charge in [0.15, 0.2) is 0 Å². The Morgan fingerprint density at radius 3 is 2.67 bits per heavy atom.